The third-order valence-electron chi connectivity index (χ3n) is 4.21. The number of rotatable bonds is 7. The average Bonchev–Trinajstić information content (AvgIpc) is 2.95. The standard InChI is InChI=1S/C15H27N3O/c1-4-10-16-11-6-8-13-17-18-14(19-13)12-7-5-9-15(12,2)3/h12,16H,4-11H2,1-3H3. The highest BCUT2D eigenvalue weighted by Crippen LogP contribution is 2.48. The van der Waals surface area contributed by atoms with E-state index in [2.05, 4.69) is 36.3 Å². The minimum Gasteiger partial charge on any atom is -0.425 e. The van der Waals surface area contributed by atoms with Crippen molar-refractivity contribution in [2.45, 2.75) is 65.2 Å². The lowest BCUT2D eigenvalue weighted by Crippen LogP contribution is -2.16. The van der Waals surface area contributed by atoms with Crippen LogP contribution in [0.1, 0.15) is 70.6 Å². The molecule has 1 aliphatic carbocycles. The Morgan fingerprint density at radius 1 is 1.32 bits per heavy atom. The number of hydrogen-bond acceptors (Lipinski definition) is 4. The lowest BCUT2D eigenvalue weighted by Gasteiger charge is -2.23. The Hall–Kier alpha value is -0.900. The molecule has 2 rings (SSSR count). The van der Waals surface area contributed by atoms with Crippen molar-refractivity contribution >= 4 is 0 Å². The summed E-state index contributed by atoms with van der Waals surface area (Å²) in [6.45, 7) is 8.92. The van der Waals surface area contributed by atoms with Crippen LogP contribution in [0.5, 0.6) is 0 Å². The van der Waals surface area contributed by atoms with Gasteiger partial charge in [-0.1, -0.05) is 27.2 Å². The van der Waals surface area contributed by atoms with Crippen LogP contribution in [0.4, 0.5) is 0 Å². The molecule has 1 N–H and O–H groups in total. The van der Waals surface area contributed by atoms with Gasteiger partial charge in [0.15, 0.2) is 0 Å². The molecule has 1 aliphatic rings. The molecule has 0 aliphatic heterocycles. The zero-order valence-corrected chi connectivity index (χ0v) is 12.5. The Labute approximate surface area is 116 Å². The Balaban J connectivity index is 1.82. The second kappa shape index (κ2) is 6.51. The fourth-order valence-electron chi connectivity index (χ4n) is 2.96. The summed E-state index contributed by atoms with van der Waals surface area (Å²) >= 11 is 0. The molecule has 4 nitrogen and oxygen atoms in total. The molecular weight excluding hydrogens is 238 g/mol. The van der Waals surface area contributed by atoms with E-state index in [4.69, 9.17) is 4.42 Å². The number of hydrogen-bond donors (Lipinski definition) is 1. The summed E-state index contributed by atoms with van der Waals surface area (Å²) in [4.78, 5) is 0. The van der Waals surface area contributed by atoms with E-state index < -0.39 is 0 Å². The van der Waals surface area contributed by atoms with Gasteiger partial charge in [0.25, 0.3) is 0 Å². The molecule has 1 aromatic rings. The largest absolute Gasteiger partial charge is 0.425 e. The number of nitrogens with one attached hydrogen (secondary N) is 1. The third kappa shape index (κ3) is 3.78. The van der Waals surface area contributed by atoms with Gasteiger partial charge in [0.1, 0.15) is 0 Å². The molecular formula is C15H27N3O. The van der Waals surface area contributed by atoms with E-state index in [1.807, 2.05) is 0 Å². The maximum Gasteiger partial charge on any atom is 0.220 e. The van der Waals surface area contributed by atoms with E-state index in [0.717, 1.165) is 37.7 Å². The second-order valence-electron chi connectivity index (χ2n) is 6.32. The molecule has 1 saturated carbocycles. The van der Waals surface area contributed by atoms with Crippen molar-refractivity contribution in [1.29, 1.82) is 0 Å². The summed E-state index contributed by atoms with van der Waals surface area (Å²) in [5.41, 5.74) is 0.312. The first kappa shape index (κ1) is 14.5. The van der Waals surface area contributed by atoms with E-state index in [-0.39, 0.29) is 0 Å². The zero-order valence-electron chi connectivity index (χ0n) is 12.5. The van der Waals surface area contributed by atoms with Gasteiger partial charge >= 0.3 is 0 Å². The molecule has 0 radical (unpaired) electrons. The van der Waals surface area contributed by atoms with Gasteiger partial charge in [0, 0.05) is 12.3 Å². The van der Waals surface area contributed by atoms with Crippen LogP contribution in [-0.2, 0) is 6.42 Å². The number of nitrogens with zero attached hydrogens (tertiary/aromatic N) is 2. The first-order valence-electron chi connectivity index (χ1n) is 7.66. The van der Waals surface area contributed by atoms with E-state index >= 15 is 0 Å². The Morgan fingerprint density at radius 2 is 2.16 bits per heavy atom. The van der Waals surface area contributed by atoms with Gasteiger partial charge in [-0.3, -0.25) is 0 Å². The summed E-state index contributed by atoms with van der Waals surface area (Å²) in [6, 6.07) is 0. The monoisotopic (exact) mass is 265 g/mol. The molecule has 0 amide bonds. The lowest BCUT2D eigenvalue weighted by molar-refractivity contribution is 0.280. The van der Waals surface area contributed by atoms with Gasteiger partial charge < -0.3 is 9.73 Å². The highest BCUT2D eigenvalue weighted by atomic mass is 16.4. The van der Waals surface area contributed by atoms with Crippen molar-refractivity contribution in [3.63, 3.8) is 0 Å². The smallest absolute Gasteiger partial charge is 0.220 e. The van der Waals surface area contributed by atoms with Crippen LogP contribution in [0.15, 0.2) is 4.42 Å². The van der Waals surface area contributed by atoms with Crippen LogP contribution in [0.3, 0.4) is 0 Å². The minimum atomic E-state index is 0.312. The highest BCUT2D eigenvalue weighted by molar-refractivity contribution is 5.02. The summed E-state index contributed by atoms with van der Waals surface area (Å²) in [7, 11) is 0. The van der Waals surface area contributed by atoms with E-state index in [1.165, 1.54) is 25.7 Å². The van der Waals surface area contributed by atoms with Crippen molar-refractivity contribution in [2.75, 3.05) is 13.1 Å². The van der Waals surface area contributed by atoms with Gasteiger partial charge in [-0.05, 0) is 44.2 Å². The topological polar surface area (TPSA) is 51.0 Å². The highest BCUT2D eigenvalue weighted by Gasteiger charge is 2.38. The molecule has 1 heterocycles. The van der Waals surface area contributed by atoms with Gasteiger partial charge in [0.05, 0.1) is 0 Å². The predicted octanol–water partition coefficient (Wildman–Crippen LogP) is 3.30. The maximum absolute atomic E-state index is 5.86. The molecule has 0 saturated heterocycles. The summed E-state index contributed by atoms with van der Waals surface area (Å²) in [6.07, 6.45) is 6.85. The van der Waals surface area contributed by atoms with Gasteiger partial charge in [-0.15, -0.1) is 10.2 Å². The Bertz CT molecular complexity index is 386. The zero-order chi connectivity index (χ0) is 13.7. The molecule has 0 bridgehead atoms. The van der Waals surface area contributed by atoms with E-state index in [1.54, 1.807) is 0 Å². The summed E-state index contributed by atoms with van der Waals surface area (Å²) in [5.74, 6) is 2.11. The van der Waals surface area contributed by atoms with Gasteiger partial charge in [-0.25, -0.2) is 0 Å². The molecule has 0 spiro atoms. The first-order chi connectivity index (χ1) is 9.13. The quantitative estimate of drug-likeness (QED) is 0.769. The summed E-state index contributed by atoms with van der Waals surface area (Å²) < 4.78 is 5.86. The molecule has 1 atom stereocenters. The molecule has 0 aromatic carbocycles. The molecule has 1 fully saturated rings. The van der Waals surface area contributed by atoms with Crippen LogP contribution in [-0.4, -0.2) is 23.3 Å². The first-order valence-corrected chi connectivity index (χ1v) is 7.66. The summed E-state index contributed by atoms with van der Waals surface area (Å²) in [5, 5.41) is 11.9. The van der Waals surface area contributed by atoms with Crippen molar-refractivity contribution in [1.82, 2.24) is 15.5 Å². The van der Waals surface area contributed by atoms with Gasteiger partial charge in [-0.2, -0.15) is 0 Å². The molecule has 19 heavy (non-hydrogen) atoms. The van der Waals surface area contributed by atoms with Crippen molar-refractivity contribution in [2.24, 2.45) is 5.41 Å². The number of aromatic nitrogens is 2. The van der Waals surface area contributed by atoms with Crippen LogP contribution in [0.2, 0.25) is 0 Å². The molecule has 4 heteroatoms. The van der Waals surface area contributed by atoms with E-state index in [0.29, 0.717) is 11.3 Å². The maximum atomic E-state index is 5.86. The Kier molecular flexibility index (Phi) is 4.97. The lowest BCUT2D eigenvalue weighted by atomic mass is 9.82. The third-order valence-corrected chi connectivity index (χ3v) is 4.21. The average molecular weight is 265 g/mol. The number of aryl methyl sites for hydroxylation is 1. The molecule has 1 unspecified atom stereocenters. The van der Waals surface area contributed by atoms with Crippen LogP contribution in [0.25, 0.3) is 0 Å². The normalized spacial score (nSPS) is 21.9. The van der Waals surface area contributed by atoms with Crippen molar-refractivity contribution in [3.8, 4) is 0 Å². The van der Waals surface area contributed by atoms with Crippen LogP contribution in [0, 0.1) is 5.41 Å². The van der Waals surface area contributed by atoms with Crippen LogP contribution >= 0.6 is 0 Å². The second-order valence-corrected chi connectivity index (χ2v) is 6.32. The molecule has 1 aromatic heterocycles. The fourth-order valence-corrected chi connectivity index (χ4v) is 2.96. The fraction of sp³-hybridized carbons (Fsp3) is 0.867. The van der Waals surface area contributed by atoms with Crippen molar-refractivity contribution < 1.29 is 4.42 Å². The van der Waals surface area contributed by atoms with Crippen molar-refractivity contribution in [3.05, 3.63) is 11.8 Å². The molecule has 108 valence electrons. The van der Waals surface area contributed by atoms with E-state index in [9.17, 15) is 0 Å². The van der Waals surface area contributed by atoms with Gasteiger partial charge in [0.2, 0.25) is 11.8 Å². The predicted molar refractivity (Wildman–Crippen MR) is 76.2 cm³/mol. The Morgan fingerprint density at radius 3 is 2.84 bits per heavy atom. The minimum absolute atomic E-state index is 0.312. The SMILES string of the molecule is CCCNCCCc1nnc(C2CCCC2(C)C)o1. The van der Waals surface area contributed by atoms with Crippen LogP contribution < -0.4 is 5.32 Å².